The third-order valence-corrected chi connectivity index (χ3v) is 6.60. The number of hydrazine groups is 1. The van der Waals surface area contributed by atoms with Crippen LogP contribution in [0.2, 0.25) is 0 Å². The van der Waals surface area contributed by atoms with E-state index in [1.165, 1.54) is 19.1 Å². The van der Waals surface area contributed by atoms with Crippen LogP contribution < -0.4 is 10.9 Å². The summed E-state index contributed by atoms with van der Waals surface area (Å²) in [6.07, 6.45) is -1.54. The van der Waals surface area contributed by atoms with Gasteiger partial charge < -0.3 is 14.4 Å². The zero-order valence-corrected chi connectivity index (χ0v) is 19.8. The maximum Gasteiger partial charge on any atom is 0.416 e. The van der Waals surface area contributed by atoms with Gasteiger partial charge in [0.2, 0.25) is 17.8 Å². The van der Waals surface area contributed by atoms with Crippen LogP contribution in [-0.4, -0.2) is 56.7 Å². The second kappa shape index (κ2) is 9.76. The minimum absolute atomic E-state index is 0.0608. The number of hydrogen-bond acceptors (Lipinski definition) is 5. The van der Waals surface area contributed by atoms with Gasteiger partial charge in [-0.1, -0.05) is 12.6 Å². The molecule has 1 unspecified atom stereocenters. The maximum atomic E-state index is 13.2. The SMILES string of the molecule is C=CC(=O)N1CCCC(n2c(N(N)C(=O)c3cccc(C(F)(F)F)c3)nc3c2CCN(C(C)=O)C3)C1. The van der Waals surface area contributed by atoms with Crippen LogP contribution in [-0.2, 0) is 28.7 Å². The number of piperidine rings is 1. The van der Waals surface area contributed by atoms with Crippen molar-refractivity contribution in [3.8, 4) is 0 Å². The fourth-order valence-electron chi connectivity index (χ4n) is 4.77. The average molecular weight is 505 g/mol. The first kappa shape index (κ1) is 25.4. The molecular formula is C24H27F3N6O3. The van der Waals surface area contributed by atoms with Crippen molar-refractivity contribution in [2.45, 2.75) is 44.9 Å². The lowest BCUT2D eigenvalue weighted by Crippen LogP contribution is -2.44. The first-order valence-corrected chi connectivity index (χ1v) is 11.5. The number of fused-ring (bicyclic) bond motifs is 1. The van der Waals surface area contributed by atoms with E-state index in [-0.39, 0.29) is 35.9 Å². The predicted molar refractivity (Wildman–Crippen MR) is 125 cm³/mol. The van der Waals surface area contributed by atoms with Crippen molar-refractivity contribution in [1.82, 2.24) is 19.4 Å². The first-order valence-electron chi connectivity index (χ1n) is 11.5. The van der Waals surface area contributed by atoms with Crippen molar-refractivity contribution in [3.05, 3.63) is 59.4 Å². The van der Waals surface area contributed by atoms with Gasteiger partial charge in [-0.2, -0.15) is 13.2 Å². The Bertz CT molecular complexity index is 1210. The second-order valence-corrected chi connectivity index (χ2v) is 8.90. The summed E-state index contributed by atoms with van der Waals surface area (Å²) in [6, 6.07) is 3.76. The molecule has 12 heteroatoms. The number of aromatic nitrogens is 2. The normalized spacial score (nSPS) is 18.0. The molecule has 192 valence electrons. The summed E-state index contributed by atoms with van der Waals surface area (Å²) in [5.41, 5.74) is 0.142. The molecule has 2 aliphatic rings. The predicted octanol–water partition coefficient (Wildman–Crippen LogP) is 2.68. The molecule has 1 saturated heterocycles. The van der Waals surface area contributed by atoms with Crippen molar-refractivity contribution < 1.29 is 27.6 Å². The van der Waals surface area contributed by atoms with Crippen molar-refractivity contribution in [2.75, 3.05) is 24.6 Å². The Balaban J connectivity index is 1.74. The number of imidazole rings is 1. The zero-order chi connectivity index (χ0) is 26.2. The monoisotopic (exact) mass is 504 g/mol. The van der Waals surface area contributed by atoms with Gasteiger partial charge in [0, 0.05) is 44.2 Å². The van der Waals surface area contributed by atoms with Gasteiger partial charge in [0.1, 0.15) is 0 Å². The molecule has 0 spiro atoms. The molecule has 2 N–H and O–H groups in total. The van der Waals surface area contributed by atoms with E-state index in [0.717, 1.165) is 28.9 Å². The average Bonchev–Trinajstić information content (AvgIpc) is 3.25. The van der Waals surface area contributed by atoms with Crippen LogP contribution in [0.4, 0.5) is 19.1 Å². The molecule has 36 heavy (non-hydrogen) atoms. The van der Waals surface area contributed by atoms with E-state index < -0.39 is 17.6 Å². The molecular weight excluding hydrogens is 477 g/mol. The van der Waals surface area contributed by atoms with Gasteiger partial charge in [-0.3, -0.25) is 14.4 Å². The molecule has 1 aromatic carbocycles. The number of nitrogens with two attached hydrogens (primary N) is 1. The van der Waals surface area contributed by atoms with Crippen LogP contribution in [0.25, 0.3) is 0 Å². The van der Waals surface area contributed by atoms with Gasteiger partial charge in [0.05, 0.1) is 23.8 Å². The van der Waals surface area contributed by atoms with Gasteiger partial charge in [0.15, 0.2) is 0 Å². The maximum absolute atomic E-state index is 13.2. The Kier molecular flexibility index (Phi) is 6.90. The topological polar surface area (TPSA) is 105 Å². The molecule has 0 bridgehead atoms. The summed E-state index contributed by atoms with van der Waals surface area (Å²) in [6.45, 7) is 6.56. The summed E-state index contributed by atoms with van der Waals surface area (Å²) in [4.78, 5) is 45.3. The number of likely N-dealkylation sites (tertiary alicyclic amines) is 1. The van der Waals surface area contributed by atoms with Gasteiger partial charge in [-0.25, -0.2) is 15.8 Å². The first-order chi connectivity index (χ1) is 17.0. The molecule has 0 radical (unpaired) electrons. The number of carbonyl (C=O) groups excluding carboxylic acids is 3. The van der Waals surface area contributed by atoms with E-state index in [1.54, 1.807) is 14.4 Å². The van der Waals surface area contributed by atoms with Crippen LogP contribution in [0.15, 0.2) is 36.9 Å². The van der Waals surface area contributed by atoms with E-state index in [0.29, 0.717) is 44.6 Å². The number of alkyl halides is 3. The Morgan fingerprint density at radius 2 is 1.97 bits per heavy atom. The minimum atomic E-state index is -4.62. The van der Waals surface area contributed by atoms with E-state index in [4.69, 9.17) is 5.84 Å². The van der Waals surface area contributed by atoms with Crippen molar-refractivity contribution >= 4 is 23.7 Å². The molecule has 2 aliphatic heterocycles. The highest BCUT2D eigenvalue weighted by Crippen LogP contribution is 2.34. The molecule has 1 fully saturated rings. The minimum Gasteiger partial charge on any atom is -0.337 e. The van der Waals surface area contributed by atoms with E-state index in [2.05, 4.69) is 11.6 Å². The molecule has 4 rings (SSSR count). The van der Waals surface area contributed by atoms with Crippen molar-refractivity contribution in [1.29, 1.82) is 0 Å². The standard InChI is InChI=1S/C24H27F3N6O3/c1-3-21(35)31-10-5-8-18(13-31)32-20-9-11-30(15(2)34)14-19(20)29-23(32)33(28)22(36)16-6-4-7-17(12-16)24(25,26)27/h3-4,6-7,12,18H,1,5,8-11,13-14,28H2,2H3. The number of halogens is 3. The van der Waals surface area contributed by atoms with Gasteiger partial charge in [0.25, 0.3) is 5.91 Å². The fraction of sp³-hybridized carbons (Fsp3) is 0.417. The largest absolute Gasteiger partial charge is 0.416 e. The summed E-state index contributed by atoms with van der Waals surface area (Å²) in [5.74, 6) is 5.07. The third-order valence-electron chi connectivity index (χ3n) is 6.60. The highest BCUT2D eigenvalue weighted by Gasteiger charge is 2.35. The third kappa shape index (κ3) is 4.85. The lowest BCUT2D eigenvalue weighted by atomic mass is 10.0. The Morgan fingerprint density at radius 1 is 1.22 bits per heavy atom. The second-order valence-electron chi connectivity index (χ2n) is 8.90. The number of anilines is 1. The Morgan fingerprint density at radius 3 is 2.64 bits per heavy atom. The number of rotatable bonds is 4. The number of carbonyl (C=O) groups is 3. The van der Waals surface area contributed by atoms with Gasteiger partial charge in [-0.05, 0) is 37.1 Å². The van der Waals surface area contributed by atoms with Crippen LogP contribution >= 0.6 is 0 Å². The summed E-state index contributed by atoms with van der Waals surface area (Å²) >= 11 is 0. The Hall–Kier alpha value is -3.67. The lowest BCUT2D eigenvalue weighted by Gasteiger charge is -2.36. The molecule has 2 aromatic rings. The van der Waals surface area contributed by atoms with Crippen molar-refractivity contribution in [2.24, 2.45) is 5.84 Å². The smallest absolute Gasteiger partial charge is 0.337 e. The molecule has 0 saturated carbocycles. The lowest BCUT2D eigenvalue weighted by molar-refractivity contribution is -0.137. The molecule has 1 atom stereocenters. The molecule has 1 aromatic heterocycles. The number of amides is 3. The highest BCUT2D eigenvalue weighted by atomic mass is 19.4. The molecule has 9 nitrogen and oxygen atoms in total. The molecule has 0 aliphatic carbocycles. The van der Waals surface area contributed by atoms with E-state index in [9.17, 15) is 27.6 Å². The van der Waals surface area contributed by atoms with Gasteiger partial charge in [-0.15, -0.1) is 0 Å². The van der Waals surface area contributed by atoms with Crippen LogP contribution in [0.5, 0.6) is 0 Å². The zero-order valence-electron chi connectivity index (χ0n) is 19.8. The van der Waals surface area contributed by atoms with Crippen LogP contribution in [0.3, 0.4) is 0 Å². The summed E-state index contributed by atoms with van der Waals surface area (Å²) < 4.78 is 41.4. The summed E-state index contributed by atoms with van der Waals surface area (Å²) in [5, 5.41) is 0.750. The number of hydrogen-bond donors (Lipinski definition) is 1. The van der Waals surface area contributed by atoms with E-state index in [1.807, 2.05) is 0 Å². The van der Waals surface area contributed by atoms with Gasteiger partial charge >= 0.3 is 6.18 Å². The number of benzene rings is 1. The number of nitrogens with zero attached hydrogens (tertiary/aromatic N) is 5. The van der Waals surface area contributed by atoms with E-state index >= 15 is 0 Å². The quantitative estimate of drug-likeness (QED) is 0.298. The molecule has 3 amide bonds. The molecule has 3 heterocycles. The van der Waals surface area contributed by atoms with Crippen LogP contribution in [0, 0.1) is 0 Å². The van der Waals surface area contributed by atoms with Crippen molar-refractivity contribution in [3.63, 3.8) is 0 Å². The highest BCUT2D eigenvalue weighted by molar-refractivity contribution is 6.04. The van der Waals surface area contributed by atoms with Crippen LogP contribution in [0.1, 0.15) is 53.1 Å². The fourth-order valence-corrected chi connectivity index (χ4v) is 4.77. The summed E-state index contributed by atoms with van der Waals surface area (Å²) in [7, 11) is 0. The Labute approximate surface area is 205 Å².